The molecule has 1 amide bonds. The summed E-state index contributed by atoms with van der Waals surface area (Å²) in [5.41, 5.74) is 3.94. The number of nitrogens with zero attached hydrogens (tertiary/aromatic N) is 1. The summed E-state index contributed by atoms with van der Waals surface area (Å²) in [7, 11) is 1.66. The molecule has 0 aliphatic heterocycles. The number of para-hydroxylation sites is 1. The molecule has 6 nitrogen and oxygen atoms in total. The zero-order chi connectivity index (χ0) is 22.7. The number of hydrogen-bond acceptors (Lipinski definition) is 6. The Labute approximate surface area is 191 Å². The molecule has 1 atom stereocenters. The van der Waals surface area contributed by atoms with Gasteiger partial charge in [-0.2, -0.15) is 0 Å². The molecule has 0 bridgehead atoms. The molecule has 7 heteroatoms. The van der Waals surface area contributed by atoms with Gasteiger partial charge in [0, 0.05) is 21.7 Å². The number of ether oxygens (including phenoxy) is 1. The van der Waals surface area contributed by atoms with Crippen LogP contribution < -0.4 is 15.4 Å². The molecule has 0 aliphatic carbocycles. The van der Waals surface area contributed by atoms with E-state index in [0.29, 0.717) is 0 Å². The monoisotopic (exact) mass is 447 g/mol. The lowest BCUT2D eigenvalue weighted by atomic mass is 9.95. The first-order valence-electron chi connectivity index (χ1n) is 10.3. The second-order valence-electron chi connectivity index (χ2n) is 7.44. The minimum absolute atomic E-state index is 0.266. The van der Waals surface area contributed by atoms with Crippen LogP contribution in [0.3, 0.4) is 0 Å². The van der Waals surface area contributed by atoms with Crippen LogP contribution in [0.1, 0.15) is 43.9 Å². The van der Waals surface area contributed by atoms with Crippen LogP contribution in [0.4, 0.5) is 10.8 Å². The SMILES string of the molecule is COc1ccccc1[C@@H](Nc1cccc(C)n1)c1c(NC(=O)c2ccco2)sc(C)c1C. The molecule has 0 aliphatic rings. The van der Waals surface area contributed by atoms with Gasteiger partial charge in [0.15, 0.2) is 5.76 Å². The van der Waals surface area contributed by atoms with Gasteiger partial charge < -0.3 is 19.8 Å². The highest BCUT2D eigenvalue weighted by molar-refractivity contribution is 7.16. The van der Waals surface area contributed by atoms with Gasteiger partial charge >= 0.3 is 0 Å². The van der Waals surface area contributed by atoms with Crippen LogP contribution in [0.5, 0.6) is 5.75 Å². The number of furan rings is 1. The Bertz CT molecular complexity index is 1230. The first-order chi connectivity index (χ1) is 15.5. The molecule has 3 heterocycles. The molecular weight excluding hydrogens is 422 g/mol. The van der Waals surface area contributed by atoms with Gasteiger partial charge in [-0.1, -0.05) is 24.3 Å². The Morgan fingerprint density at radius 3 is 2.59 bits per heavy atom. The van der Waals surface area contributed by atoms with Crippen molar-refractivity contribution in [1.29, 1.82) is 0 Å². The molecule has 0 fully saturated rings. The zero-order valence-electron chi connectivity index (χ0n) is 18.4. The second-order valence-corrected chi connectivity index (χ2v) is 8.67. The fourth-order valence-corrected chi connectivity index (χ4v) is 4.73. The number of methoxy groups -OCH3 is 1. The number of amides is 1. The highest BCUT2D eigenvalue weighted by Crippen LogP contribution is 2.43. The number of aryl methyl sites for hydroxylation is 2. The summed E-state index contributed by atoms with van der Waals surface area (Å²) in [6, 6.07) is 16.8. The van der Waals surface area contributed by atoms with Crippen molar-refractivity contribution in [2.75, 3.05) is 17.7 Å². The molecule has 4 aromatic rings. The number of nitrogens with one attached hydrogen (secondary N) is 2. The molecule has 1 aromatic carbocycles. The highest BCUT2D eigenvalue weighted by Gasteiger charge is 2.27. The quantitative estimate of drug-likeness (QED) is 0.357. The van der Waals surface area contributed by atoms with E-state index in [1.165, 1.54) is 6.26 Å². The minimum Gasteiger partial charge on any atom is -0.496 e. The van der Waals surface area contributed by atoms with E-state index in [9.17, 15) is 4.79 Å². The Morgan fingerprint density at radius 1 is 1.06 bits per heavy atom. The maximum absolute atomic E-state index is 12.8. The van der Waals surface area contributed by atoms with Gasteiger partial charge in [-0.15, -0.1) is 11.3 Å². The average Bonchev–Trinajstić information content (AvgIpc) is 3.41. The van der Waals surface area contributed by atoms with Crippen LogP contribution in [-0.2, 0) is 0 Å². The molecule has 2 N–H and O–H groups in total. The molecule has 4 rings (SSSR count). The zero-order valence-corrected chi connectivity index (χ0v) is 19.2. The predicted molar refractivity (Wildman–Crippen MR) is 128 cm³/mol. The predicted octanol–water partition coefficient (Wildman–Crippen LogP) is 6.12. The van der Waals surface area contributed by atoms with E-state index >= 15 is 0 Å². The van der Waals surface area contributed by atoms with Crippen molar-refractivity contribution in [2.24, 2.45) is 0 Å². The summed E-state index contributed by atoms with van der Waals surface area (Å²) in [5, 5.41) is 7.38. The fourth-order valence-electron chi connectivity index (χ4n) is 3.64. The number of rotatable bonds is 7. The van der Waals surface area contributed by atoms with E-state index in [1.54, 1.807) is 30.6 Å². The molecule has 3 aromatic heterocycles. The van der Waals surface area contributed by atoms with E-state index in [-0.39, 0.29) is 17.7 Å². The van der Waals surface area contributed by atoms with Crippen LogP contribution in [0.25, 0.3) is 0 Å². The summed E-state index contributed by atoms with van der Waals surface area (Å²) >= 11 is 1.54. The van der Waals surface area contributed by atoms with Crippen molar-refractivity contribution in [3.63, 3.8) is 0 Å². The number of pyridine rings is 1. The van der Waals surface area contributed by atoms with Crippen molar-refractivity contribution < 1.29 is 13.9 Å². The summed E-state index contributed by atoms with van der Waals surface area (Å²) in [4.78, 5) is 18.5. The lowest BCUT2D eigenvalue weighted by Crippen LogP contribution is -2.18. The summed E-state index contributed by atoms with van der Waals surface area (Å²) in [5.74, 6) is 1.48. The number of anilines is 2. The summed E-state index contributed by atoms with van der Waals surface area (Å²) < 4.78 is 11.0. The average molecular weight is 448 g/mol. The molecule has 0 radical (unpaired) electrons. The van der Waals surface area contributed by atoms with Crippen LogP contribution in [0.2, 0.25) is 0 Å². The number of carbonyl (C=O) groups is 1. The Hall–Kier alpha value is -3.58. The summed E-state index contributed by atoms with van der Waals surface area (Å²) in [6.45, 7) is 6.08. The number of thiophene rings is 1. The highest BCUT2D eigenvalue weighted by atomic mass is 32.1. The smallest absolute Gasteiger partial charge is 0.291 e. The van der Waals surface area contributed by atoms with E-state index in [1.807, 2.05) is 49.4 Å². The largest absolute Gasteiger partial charge is 0.496 e. The standard InChI is InChI=1S/C25H25N3O3S/c1-15-9-7-13-21(26-15)27-23(18-10-5-6-11-19(18)30-4)22-16(2)17(3)32-25(22)28-24(29)20-12-8-14-31-20/h5-14,23H,1-4H3,(H,26,27)(H,28,29)/t23-/m1/s1. The van der Waals surface area contributed by atoms with Crippen LogP contribution >= 0.6 is 11.3 Å². The molecule has 32 heavy (non-hydrogen) atoms. The van der Waals surface area contributed by atoms with Crippen molar-refractivity contribution in [3.05, 3.63) is 93.9 Å². The third kappa shape index (κ3) is 4.38. The Kier molecular flexibility index (Phi) is 6.28. The van der Waals surface area contributed by atoms with Crippen molar-refractivity contribution in [1.82, 2.24) is 4.98 Å². The lowest BCUT2D eigenvalue weighted by Gasteiger charge is -2.24. The van der Waals surface area contributed by atoms with Crippen LogP contribution in [0, 0.1) is 20.8 Å². The molecule has 0 unspecified atom stereocenters. The minimum atomic E-state index is -0.294. The van der Waals surface area contributed by atoms with E-state index in [4.69, 9.17) is 9.15 Å². The molecule has 0 spiro atoms. The van der Waals surface area contributed by atoms with Crippen molar-refractivity contribution in [2.45, 2.75) is 26.8 Å². The fraction of sp³-hybridized carbons (Fsp3) is 0.200. The maximum Gasteiger partial charge on any atom is 0.291 e. The first kappa shape index (κ1) is 21.6. The van der Waals surface area contributed by atoms with Crippen LogP contribution in [-0.4, -0.2) is 18.0 Å². The van der Waals surface area contributed by atoms with Gasteiger partial charge in [-0.25, -0.2) is 4.98 Å². The van der Waals surface area contributed by atoms with Gasteiger partial charge in [-0.05, 0) is 56.7 Å². The number of aromatic nitrogens is 1. The number of benzene rings is 1. The Morgan fingerprint density at radius 2 is 1.88 bits per heavy atom. The van der Waals surface area contributed by atoms with E-state index in [0.717, 1.165) is 43.8 Å². The van der Waals surface area contributed by atoms with Gasteiger partial charge in [0.1, 0.15) is 16.6 Å². The van der Waals surface area contributed by atoms with E-state index in [2.05, 4.69) is 29.5 Å². The number of hydrogen-bond donors (Lipinski definition) is 2. The third-order valence-corrected chi connectivity index (χ3v) is 6.46. The van der Waals surface area contributed by atoms with Gasteiger partial charge in [-0.3, -0.25) is 4.79 Å². The van der Waals surface area contributed by atoms with Gasteiger partial charge in [0.05, 0.1) is 19.4 Å². The van der Waals surface area contributed by atoms with E-state index < -0.39 is 0 Å². The molecule has 164 valence electrons. The molecule has 0 saturated heterocycles. The maximum atomic E-state index is 12.8. The van der Waals surface area contributed by atoms with Gasteiger partial charge in [0.2, 0.25) is 0 Å². The lowest BCUT2D eigenvalue weighted by molar-refractivity contribution is 0.0997. The summed E-state index contributed by atoms with van der Waals surface area (Å²) in [6.07, 6.45) is 1.49. The van der Waals surface area contributed by atoms with Crippen LogP contribution in [0.15, 0.2) is 65.3 Å². The Balaban J connectivity index is 1.83. The third-order valence-electron chi connectivity index (χ3n) is 5.32. The van der Waals surface area contributed by atoms with Crippen molar-refractivity contribution >= 4 is 28.1 Å². The molecule has 0 saturated carbocycles. The normalized spacial score (nSPS) is 11.8. The topological polar surface area (TPSA) is 76.4 Å². The van der Waals surface area contributed by atoms with Gasteiger partial charge in [0.25, 0.3) is 5.91 Å². The second kappa shape index (κ2) is 9.28. The van der Waals surface area contributed by atoms with Crippen molar-refractivity contribution in [3.8, 4) is 5.75 Å². The molecular formula is C25H25N3O3S. The number of carbonyl (C=O) groups excluding carboxylic acids is 1. The first-order valence-corrected chi connectivity index (χ1v) is 11.1.